The molecule has 1 N–H and O–H groups in total. The second kappa shape index (κ2) is 7.72. The van der Waals surface area contributed by atoms with Crippen molar-refractivity contribution in [2.45, 2.75) is 19.9 Å². The van der Waals surface area contributed by atoms with Crippen molar-refractivity contribution in [2.75, 3.05) is 5.32 Å². The Hall–Kier alpha value is -2.30. The number of halogens is 2. The van der Waals surface area contributed by atoms with Gasteiger partial charge in [-0.2, -0.15) is 5.10 Å². The summed E-state index contributed by atoms with van der Waals surface area (Å²) in [7, 11) is 0. The second-order valence-electron chi connectivity index (χ2n) is 5.82. The van der Waals surface area contributed by atoms with Gasteiger partial charge in [-0.1, -0.05) is 59.1 Å². The lowest BCUT2D eigenvalue weighted by Crippen LogP contribution is -2.18. The van der Waals surface area contributed by atoms with Crippen LogP contribution in [0.5, 0.6) is 0 Å². The number of carbonyl (C=O) groups excluding carboxylic acids is 1. The van der Waals surface area contributed by atoms with Crippen LogP contribution >= 0.6 is 23.2 Å². The molecule has 0 fully saturated rings. The van der Waals surface area contributed by atoms with Gasteiger partial charge in [0.15, 0.2) is 0 Å². The van der Waals surface area contributed by atoms with E-state index in [1.165, 1.54) is 5.56 Å². The maximum absolute atomic E-state index is 12.3. The van der Waals surface area contributed by atoms with Crippen molar-refractivity contribution in [2.24, 2.45) is 0 Å². The maximum atomic E-state index is 12.3. The fraction of sp³-hybridized carbons (Fsp3) is 0.158. The van der Waals surface area contributed by atoms with Crippen LogP contribution in [-0.2, 0) is 17.8 Å². The molecule has 0 unspecified atom stereocenters. The van der Waals surface area contributed by atoms with E-state index in [2.05, 4.69) is 10.4 Å². The van der Waals surface area contributed by atoms with Crippen LogP contribution in [0.15, 0.2) is 54.7 Å². The monoisotopic (exact) mass is 373 g/mol. The SMILES string of the molecule is Cc1ccc(CC(=O)Nc2ccnn2Cc2ccc(Cl)cc2Cl)cc1. The Bertz CT molecular complexity index is 888. The highest BCUT2D eigenvalue weighted by molar-refractivity contribution is 6.35. The molecule has 1 heterocycles. The molecule has 0 saturated carbocycles. The van der Waals surface area contributed by atoms with Crippen LogP contribution in [0.4, 0.5) is 5.82 Å². The first-order chi connectivity index (χ1) is 12.0. The zero-order valence-corrected chi connectivity index (χ0v) is 15.2. The standard InChI is InChI=1S/C19H17Cl2N3O/c1-13-2-4-14(5-3-13)10-19(25)23-18-8-9-22-24(18)12-15-6-7-16(20)11-17(15)21/h2-9,11H,10,12H2,1H3,(H,23,25). The second-order valence-corrected chi connectivity index (χ2v) is 6.66. The highest BCUT2D eigenvalue weighted by Gasteiger charge is 2.10. The first-order valence-corrected chi connectivity index (χ1v) is 8.58. The van der Waals surface area contributed by atoms with E-state index >= 15 is 0 Å². The average molecular weight is 374 g/mol. The van der Waals surface area contributed by atoms with Gasteiger partial charge in [0.1, 0.15) is 5.82 Å². The highest BCUT2D eigenvalue weighted by atomic mass is 35.5. The molecule has 0 aliphatic carbocycles. The molecule has 0 aliphatic rings. The van der Waals surface area contributed by atoms with Crippen molar-refractivity contribution in [1.29, 1.82) is 0 Å². The van der Waals surface area contributed by atoms with Crippen LogP contribution in [0.25, 0.3) is 0 Å². The smallest absolute Gasteiger partial charge is 0.229 e. The van der Waals surface area contributed by atoms with E-state index in [0.29, 0.717) is 28.8 Å². The summed E-state index contributed by atoms with van der Waals surface area (Å²) < 4.78 is 1.70. The van der Waals surface area contributed by atoms with Gasteiger partial charge in [-0.3, -0.25) is 4.79 Å². The van der Waals surface area contributed by atoms with Crippen molar-refractivity contribution in [3.8, 4) is 0 Å². The Morgan fingerprint density at radius 1 is 1.12 bits per heavy atom. The molecule has 0 bridgehead atoms. The number of amides is 1. The maximum Gasteiger partial charge on any atom is 0.229 e. The quantitative estimate of drug-likeness (QED) is 0.702. The highest BCUT2D eigenvalue weighted by Crippen LogP contribution is 2.22. The summed E-state index contributed by atoms with van der Waals surface area (Å²) in [5, 5.41) is 8.31. The third kappa shape index (κ3) is 4.62. The molecule has 0 saturated heterocycles. The van der Waals surface area contributed by atoms with Crippen LogP contribution < -0.4 is 5.32 Å². The van der Waals surface area contributed by atoms with E-state index in [1.807, 2.05) is 37.3 Å². The fourth-order valence-electron chi connectivity index (χ4n) is 2.45. The number of hydrogen-bond donors (Lipinski definition) is 1. The predicted molar refractivity (Wildman–Crippen MR) is 101 cm³/mol. The van der Waals surface area contributed by atoms with Crippen molar-refractivity contribution >= 4 is 34.9 Å². The summed E-state index contributed by atoms with van der Waals surface area (Å²) in [6.45, 7) is 2.47. The molecule has 4 nitrogen and oxygen atoms in total. The molecule has 1 amide bonds. The molecule has 0 radical (unpaired) electrons. The number of nitrogens with one attached hydrogen (secondary N) is 1. The normalized spacial score (nSPS) is 10.7. The zero-order valence-electron chi connectivity index (χ0n) is 13.7. The largest absolute Gasteiger partial charge is 0.311 e. The molecule has 3 aromatic rings. The number of aromatic nitrogens is 2. The molecule has 6 heteroatoms. The van der Waals surface area contributed by atoms with Crippen molar-refractivity contribution < 1.29 is 4.79 Å². The molecule has 128 valence electrons. The molecule has 0 atom stereocenters. The third-order valence-electron chi connectivity index (χ3n) is 3.80. The van der Waals surface area contributed by atoms with Crippen LogP contribution in [0, 0.1) is 6.92 Å². The predicted octanol–water partition coefficient (Wildman–Crippen LogP) is 4.73. The molecule has 2 aromatic carbocycles. The lowest BCUT2D eigenvalue weighted by atomic mass is 10.1. The first-order valence-electron chi connectivity index (χ1n) is 7.82. The zero-order chi connectivity index (χ0) is 17.8. The summed E-state index contributed by atoms with van der Waals surface area (Å²) in [6.07, 6.45) is 1.96. The van der Waals surface area contributed by atoms with E-state index in [1.54, 1.807) is 29.1 Å². The van der Waals surface area contributed by atoms with Crippen LogP contribution in [0.1, 0.15) is 16.7 Å². The fourth-order valence-corrected chi connectivity index (χ4v) is 2.92. The average Bonchev–Trinajstić information content (AvgIpc) is 2.99. The van der Waals surface area contributed by atoms with Gasteiger partial charge in [0.2, 0.25) is 5.91 Å². The molecule has 0 spiro atoms. The molecule has 0 aliphatic heterocycles. The molecule has 25 heavy (non-hydrogen) atoms. The molecule has 1 aromatic heterocycles. The third-order valence-corrected chi connectivity index (χ3v) is 4.39. The number of benzene rings is 2. The van der Waals surface area contributed by atoms with E-state index in [0.717, 1.165) is 11.1 Å². The van der Waals surface area contributed by atoms with Gasteiger partial charge < -0.3 is 5.32 Å². The Morgan fingerprint density at radius 3 is 2.60 bits per heavy atom. The van der Waals surface area contributed by atoms with Gasteiger partial charge in [0.25, 0.3) is 0 Å². The number of anilines is 1. The first kappa shape index (κ1) is 17.5. The van der Waals surface area contributed by atoms with Gasteiger partial charge in [-0.05, 0) is 30.2 Å². The van der Waals surface area contributed by atoms with Gasteiger partial charge in [0, 0.05) is 16.1 Å². The summed E-state index contributed by atoms with van der Waals surface area (Å²) in [5.41, 5.74) is 3.01. The number of carbonyl (C=O) groups is 1. The van der Waals surface area contributed by atoms with Gasteiger partial charge >= 0.3 is 0 Å². The Morgan fingerprint density at radius 2 is 1.88 bits per heavy atom. The summed E-state index contributed by atoms with van der Waals surface area (Å²) in [4.78, 5) is 12.3. The Kier molecular flexibility index (Phi) is 5.41. The number of aryl methyl sites for hydroxylation is 1. The van der Waals surface area contributed by atoms with E-state index in [4.69, 9.17) is 23.2 Å². The topological polar surface area (TPSA) is 46.9 Å². The summed E-state index contributed by atoms with van der Waals surface area (Å²) in [6, 6.07) is 15.0. The van der Waals surface area contributed by atoms with Crippen molar-refractivity contribution in [1.82, 2.24) is 9.78 Å². The summed E-state index contributed by atoms with van der Waals surface area (Å²) >= 11 is 12.1. The minimum atomic E-state index is -0.0900. The van der Waals surface area contributed by atoms with Crippen LogP contribution in [0.2, 0.25) is 10.0 Å². The molecular formula is C19H17Cl2N3O. The Balaban J connectivity index is 1.68. The van der Waals surface area contributed by atoms with Crippen molar-refractivity contribution in [3.05, 3.63) is 81.5 Å². The van der Waals surface area contributed by atoms with Gasteiger partial charge in [-0.25, -0.2) is 4.68 Å². The van der Waals surface area contributed by atoms with E-state index < -0.39 is 0 Å². The minimum Gasteiger partial charge on any atom is -0.311 e. The lowest BCUT2D eigenvalue weighted by Gasteiger charge is -2.10. The van der Waals surface area contributed by atoms with E-state index in [9.17, 15) is 4.79 Å². The Labute approximate surface area is 156 Å². The number of rotatable bonds is 5. The lowest BCUT2D eigenvalue weighted by molar-refractivity contribution is -0.115. The van der Waals surface area contributed by atoms with Crippen LogP contribution in [0.3, 0.4) is 0 Å². The molecule has 3 rings (SSSR count). The van der Waals surface area contributed by atoms with Gasteiger partial charge in [-0.15, -0.1) is 0 Å². The number of nitrogens with zero attached hydrogens (tertiary/aromatic N) is 2. The number of hydrogen-bond acceptors (Lipinski definition) is 2. The van der Waals surface area contributed by atoms with E-state index in [-0.39, 0.29) is 5.91 Å². The minimum absolute atomic E-state index is 0.0900. The summed E-state index contributed by atoms with van der Waals surface area (Å²) in [5.74, 6) is 0.538. The van der Waals surface area contributed by atoms with Gasteiger partial charge in [0.05, 0.1) is 19.2 Å². The molecular weight excluding hydrogens is 357 g/mol. The van der Waals surface area contributed by atoms with Crippen LogP contribution in [-0.4, -0.2) is 15.7 Å². The van der Waals surface area contributed by atoms with Crippen molar-refractivity contribution in [3.63, 3.8) is 0 Å².